The fourth-order valence-corrected chi connectivity index (χ4v) is 15.7. The van der Waals surface area contributed by atoms with Crippen LogP contribution < -0.4 is 0 Å². The molecule has 36 heavy (non-hydrogen) atoms. The molecule has 0 aliphatic carbocycles. The normalized spacial score (nSPS) is 13.2. The molecular formula is C34H72IP. The summed E-state index contributed by atoms with van der Waals surface area (Å²) in [4.78, 5) is 0. The van der Waals surface area contributed by atoms with Gasteiger partial charge < -0.3 is 0 Å². The Balaban J connectivity index is 4.56. The van der Waals surface area contributed by atoms with E-state index in [-0.39, 0.29) is 0 Å². The van der Waals surface area contributed by atoms with Gasteiger partial charge in [0.05, 0.1) is 0 Å². The predicted molar refractivity (Wildman–Crippen MR) is 183 cm³/mol. The molecule has 220 valence electrons. The second-order valence-electron chi connectivity index (χ2n) is 12.5. The molecule has 0 heterocycles. The van der Waals surface area contributed by atoms with Crippen LogP contribution in [0, 0.1) is 0 Å². The molecule has 2 heteroatoms. The quantitative estimate of drug-likeness (QED) is 0.0417. The molecule has 0 radical (unpaired) electrons. The first-order valence-electron chi connectivity index (χ1n) is 17.3. The van der Waals surface area contributed by atoms with Gasteiger partial charge in [-0.2, -0.15) is 0 Å². The van der Waals surface area contributed by atoms with Crippen LogP contribution in [-0.4, -0.2) is 24.6 Å². The van der Waals surface area contributed by atoms with Crippen molar-refractivity contribution in [2.75, 3.05) is 24.6 Å². The van der Waals surface area contributed by atoms with Crippen LogP contribution in [0.5, 0.6) is 0 Å². The summed E-state index contributed by atoms with van der Waals surface area (Å²) in [5, 5.41) is 0. The molecule has 0 aliphatic heterocycles. The van der Waals surface area contributed by atoms with Crippen molar-refractivity contribution in [3.05, 3.63) is 0 Å². The predicted octanol–water partition coefficient (Wildman–Crippen LogP) is 14.1. The standard InChI is InChI=1S/C34H72IP/c1-5-9-13-15-17-19-21-23-25-29-33-36(35,31-27-11-7-3,32-28-12-8-4)34-30-26-24-22-20-18-16-14-10-6-2/h5-34H2,1-4H3. The van der Waals surface area contributed by atoms with Crippen LogP contribution in [0.4, 0.5) is 0 Å². The Hall–Kier alpha value is 1.16. The fraction of sp³-hybridized carbons (Fsp3) is 1.00. The molecule has 0 aliphatic rings. The summed E-state index contributed by atoms with van der Waals surface area (Å²) < 4.78 is -1.58. The first-order chi connectivity index (χ1) is 17.5. The third-order valence-electron chi connectivity index (χ3n) is 8.78. The van der Waals surface area contributed by atoms with Gasteiger partial charge in [-0.05, 0) is 0 Å². The van der Waals surface area contributed by atoms with E-state index < -0.39 is 4.25 Å². The van der Waals surface area contributed by atoms with Crippen molar-refractivity contribution in [2.45, 2.75) is 195 Å². The average Bonchev–Trinajstić information content (AvgIpc) is 2.87. The monoisotopic (exact) mass is 638 g/mol. The van der Waals surface area contributed by atoms with Gasteiger partial charge in [0.2, 0.25) is 0 Å². The molecule has 0 unspecified atom stereocenters. The van der Waals surface area contributed by atoms with Crippen LogP contribution in [0.1, 0.15) is 195 Å². The molecule has 0 nitrogen and oxygen atoms in total. The summed E-state index contributed by atoms with van der Waals surface area (Å²) in [5.41, 5.74) is 0. The summed E-state index contributed by atoms with van der Waals surface area (Å²) >= 11 is 3.19. The first-order valence-corrected chi connectivity index (χ1v) is 23.0. The van der Waals surface area contributed by atoms with Crippen molar-refractivity contribution < 1.29 is 0 Å². The second-order valence-corrected chi connectivity index (χ2v) is 26.1. The molecule has 0 atom stereocenters. The van der Waals surface area contributed by atoms with E-state index in [4.69, 9.17) is 0 Å². The van der Waals surface area contributed by atoms with E-state index in [2.05, 4.69) is 49.7 Å². The Morgan fingerprint density at radius 2 is 0.444 bits per heavy atom. The summed E-state index contributed by atoms with van der Waals surface area (Å²) in [5.74, 6) is 0. The van der Waals surface area contributed by atoms with Crippen molar-refractivity contribution in [3.63, 3.8) is 0 Å². The SMILES string of the molecule is CCCCCCCCCCCCP(I)(CCCCC)(CCCCC)CCCCCCCCCCCC. The van der Waals surface area contributed by atoms with Crippen molar-refractivity contribution in [2.24, 2.45) is 0 Å². The van der Waals surface area contributed by atoms with Gasteiger partial charge in [0.1, 0.15) is 0 Å². The molecule has 0 aromatic heterocycles. The molecule has 0 rings (SSSR count). The van der Waals surface area contributed by atoms with Gasteiger partial charge in [0.15, 0.2) is 0 Å². The minimum absolute atomic E-state index is 1.37. The van der Waals surface area contributed by atoms with Crippen molar-refractivity contribution in [1.82, 2.24) is 0 Å². The van der Waals surface area contributed by atoms with Gasteiger partial charge in [0.25, 0.3) is 0 Å². The summed E-state index contributed by atoms with van der Waals surface area (Å²) in [6.45, 7) is 9.43. The number of rotatable bonds is 30. The van der Waals surface area contributed by atoms with E-state index in [1.54, 1.807) is 24.6 Å². The van der Waals surface area contributed by atoms with E-state index in [1.807, 2.05) is 0 Å². The molecule has 0 aromatic carbocycles. The van der Waals surface area contributed by atoms with E-state index in [9.17, 15) is 0 Å². The minimum atomic E-state index is -1.58. The van der Waals surface area contributed by atoms with Crippen molar-refractivity contribution >= 4 is 26.3 Å². The number of halogens is 1. The van der Waals surface area contributed by atoms with Gasteiger partial charge in [-0.15, -0.1) is 0 Å². The summed E-state index contributed by atoms with van der Waals surface area (Å²) in [6, 6.07) is 0. The molecular weight excluding hydrogens is 566 g/mol. The number of unbranched alkanes of at least 4 members (excludes halogenated alkanes) is 22. The maximum absolute atomic E-state index is 3.19. The Morgan fingerprint density at radius 1 is 0.278 bits per heavy atom. The van der Waals surface area contributed by atoms with E-state index in [0.29, 0.717) is 0 Å². The average molecular weight is 639 g/mol. The van der Waals surface area contributed by atoms with E-state index in [0.717, 1.165) is 0 Å². The first kappa shape index (κ1) is 37.2. The Morgan fingerprint density at radius 3 is 0.694 bits per heavy atom. The second kappa shape index (κ2) is 26.4. The Bertz CT molecular complexity index is 397. The third kappa shape index (κ3) is 22.0. The van der Waals surface area contributed by atoms with Gasteiger partial charge in [-0.1, -0.05) is 0 Å². The molecule has 0 fully saturated rings. The fourth-order valence-electron chi connectivity index (χ4n) is 6.17. The number of hydrogen-bond acceptors (Lipinski definition) is 0. The van der Waals surface area contributed by atoms with Crippen LogP contribution in [0.15, 0.2) is 0 Å². The Labute approximate surface area is 244 Å². The zero-order chi connectivity index (χ0) is 26.7. The molecule has 0 N–H and O–H groups in total. The summed E-state index contributed by atoms with van der Waals surface area (Å²) in [7, 11) is 0. The maximum atomic E-state index is 3.19. The molecule has 0 spiro atoms. The molecule has 0 saturated carbocycles. The summed E-state index contributed by atoms with van der Waals surface area (Å²) in [6.07, 6.45) is 44.7. The Kier molecular flexibility index (Phi) is 27.2. The molecule has 0 bridgehead atoms. The molecule has 0 aromatic rings. The van der Waals surface area contributed by atoms with Crippen LogP contribution in [0.3, 0.4) is 0 Å². The van der Waals surface area contributed by atoms with Crippen LogP contribution in [0.25, 0.3) is 0 Å². The van der Waals surface area contributed by atoms with Gasteiger partial charge in [-0.3, -0.25) is 0 Å². The molecule has 0 amide bonds. The van der Waals surface area contributed by atoms with E-state index in [1.165, 1.54) is 167 Å². The van der Waals surface area contributed by atoms with Crippen LogP contribution in [0.2, 0.25) is 0 Å². The zero-order valence-corrected chi connectivity index (χ0v) is 29.1. The topological polar surface area (TPSA) is 0 Å². The van der Waals surface area contributed by atoms with Gasteiger partial charge in [0, 0.05) is 0 Å². The van der Waals surface area contributed by atoms with E-state index >= 15 is 0 Å². The van der Waals surface area contributed by atoms with Gasteiger partial charge in [-0.25, -0.2) is 0 Å². The number of hydrogen-bond donors (Lipinski definition) is 0. The van der Waals surface area contributed by atoms with Crippen LogP contribution in [-0.2, 0) is 0 Å². The van der Waals surface area contributed by atoms with Crippen molar-refractivity contribution in [1.29, 1.82) is 0 Å². The van der Waals surface area contributed by atoms with Crippen molar-refractivity contribution in [3.8, 4) is 0 Å². The van der Waals surface area contributed by atoms with Gasteiger partial charge >= 0.3 is 246 Å². The third-order valence-corrected chi connectivity index (χ3v) is 20.3. The van der Waals surface area contributed by atoms with Crippen LogP contribution >= 0.6 is 26.3 Å². The zero-order valence-electron chi connectivity index (χ0n) is 26.0. The molecule has 0 saturated heterocycles.